The number of nitrogens with one attached hydrogen (secondary N) is 1. The number of piperidine rings is 1. The summed E-state index contributed by atoms with van der Waals surface area (Å²) >= 11 is 5.80. The minimum absolute atomic E-state index is 0.113. The first-order chi connectivity index (χ1) is 17.1. The molecule has 0 spiro atoms. The third kappa shape index (κ3) is 4.39. The predicted molar refractivity (Wildman–Crippen MR) is 147 cm³/mol. The second-order valence-electron chi connectivity index (χ2n) is 10.5. The lowest BCUT2D eigenvalue weighted by molar-refractivity contribution is -0.155. The van der Waals surface area contributed by atoms with Gasteiger partial charge in [-0.3, -0.25) is 24.5 Å². The van der Waals surface area contributed by atoms with Gasteiger partial charge in [0.1, 0.15) is 31.4 Å². The normalized spacial score (nSPS) is 22.0. The molecule has 186 valence electrons. The maximum absolute atomic E-state index is 15.1. The number of imide groups is 1. The Morgan fingerprint density at radius 2 is 1.70 bits per heavy atom. The Labute approximate surface area is 222 Å². The van der Waals surface area contributed by atoms with Crippen molar-refractivity contribution < 1.29 is 28.0 Å². The standard InChI is InChI=1S/C22H23B5ClF2N3O4/c23-15-8-20(24,18(36)31-16(15)34)32-9-10-7-12(3-6-14(10)17(32)35)22(25,26)33(27)19(37)21(29,30)11-1-4-13(28)5-2-11/h1-7,15H,8-9,23-27H2,(H,31,34,36). The van der Waals surface area contributed by atoms with Gasteiger partial charge in [0.25, 0.3) is 11.8 Å². The van der Waals surface area contributed by atoms with Gasteiger partial charge in [-0.1, -0.05) is 35.9 Å². The molecule has 2 heterocycles. The quantitative estimate of drug-likeness (QED) is 0.353. The van der Waals surface area contributed by atoms with Crippen molar-refractivity contribution in [2.45, 2.75) is 35.5 Å². The van der Waals surface area contributed by atoms with Gasteiger partial charge in [-0.2, -0.15) is 8.78 Å². The maximum Gasteiger partial charge on any atom is 0.348 e. The highest BCUT2D eigenvalue weighted by Gasteiger charge is 2.51. The van der Waals surface area contributed by atoms with E-state index in [0.29, 0.717) is 16.7 Å². The van der Waals surface area contributed by atoms with E-state index in [4.69, 9.17) is 11.6 Å². The molecule has 1 N–H and O–H groups in total. The summed E-state index contributed by atoms with van der Waals surface area (Å²) < 4.78 is 30.2. The largest absolute Gasteiger partial charge is 0.393 e. The van der Waals surface area contributed by atoms with Crippen molar-refractivity contribution in [2.24, 2.45) is 0 Å². The fourth-order valence-electron chi connectivity index (χ4n) is 4.92. The van der Waals surface area contributed by atoms with E-state index >= 15 is 8.78 Å². The lowest BCUT2D eigenvalue weighted by Gasteiger charge is -2.42. The molecule has 2 unspecified atom stereocenters. The molecule has 2 aromatic rings. The van der Waals surface area contributed by atoms with E-state index < -0.39 is 39.9 Å². The number of alkyl halides is 2. The van der Waals surface area contributed by atoms with Crippen LogP contribution in [0.3, 0.4) is 0 Å². The summed E-state index contributed by atoms with van der Waals surface area (Å²) in [7, 11) is 7.92. The number of carbonyl (C=O) groups excluding carboxylic acids is 4. The first-order valence-electron chi connectivity index (χ1n) is 11.8. The summed E-state index contributed by atoms with van der Waals surface area (Å²) in [4.78, 5) is 53.3. The van der Waals surface area contributed by atoms with Crippen molar-refractivity contribution in [3.8, 4) is 0 Å². The SMILES string of the molecule is BC1CC(B)(N2Cc3cc(C(B)(B)N(B)C(=O)C(F)(F)c4ccc(Cl)cc4)ccc3C2=O)C(=O)NC1=O. The summed E-state index contributed by atoms with van der Waals surface area (Å²) in [6.45, 7) is 0.113. The Hall–Kier alpha value is -3.01. The third-order valence-corrected chi connectivity index (χ3v) is 7.96. The molecule has 2 aliphatic heterocycles. The van der Waals surface area contributed by atoms with Crippen LogP contribution in [0.25, 0.3) is 0 Å². The molecule has 0 saturated carbocycles. The van der Waals surface area contributed by atoms with E-state index in [1.807, 2.05) is 0 Å². The average molecular weight is 521 g/mol. The molecule has 37 heavy (non-hydrogen) atoms. The number of carbonyl (C=O) groups is 4. The van der Waals surface area contributed by atoms with Crippen LogP contribution in [-0.4, -0.2) is 78.1 Å². The minimum Gasteiger partial charge on any atom is -0.393 e. The van der Waals surface area contributed by atoms with Crippen molar-refractivity contribution in [3.63, 3.8) is 0 Å². The topological polar surface area (TPSA) is 86.8 Å². The van der Waals surface area contributed by atoms with E-state index in [2.05, 4.69) is 5.32 Å². The number of rotatable bonds is 5. The molecule has 4 rings (SSSR count). The monoisotopic (exact) mass is 521 g/mol. The van der Waals surface area contributed by atoms with E-state index in [1.54, 1.807) is 49.6 Å². The number of halogens is 3. The van der Waals surface area contributed by atoms with E-state index in [1.165, 1.54) is 25.0 Å². The number of fused-ring (bicyclic) bond motifs is 1. The molecule has 0 radical (unpaired) electrons. The van der Waals surface area contributed by atoms with Crippen molar-refractivity contribution >= 4 is 74.6 Å². The molecule has 2 aliphatic rings. The first-order valence-corrected chi connectivity index (χ1v) is 12.2. The molecule has 0 bridgehead atoms. The molecule has 7 nitrogen and oxygen atoms in total. The highest BCUT2D eigenvalue weighted by Crippen LogP contribution is 2.38. The van der Waals surface area contributed by atoms with Crippen molar-refractivity contribution in [3.05, 3.63) is 69.7 Å². The number of amides is 4. The highest BCUT2D eigenvalue weighted by molar-refractivity contribution is 6.43. The summed E-state index contributed by atoms with van der Waals surface area (Å²) in [5, 5.41) is 1.46. The highest BCUT2D eigenvalue weighted by atomic mass is 35.5. The van der Waals surface area contributed by atoms with Crippen LogP contribution in [0.5, 0.6) is 0 Å². The first kappa shape index (κ1) is 27.0. The lowest BCUT2D eigenvalue weighted by Crippen LogP contribution is -2.64. The zero-order valence-corrected chi connectivity index (χ0v) is 22.0. The minimum atomic E-state index is -3.78. The molecule has 0 aromatic heterocycles. The van der Waals surface area contributed by atoms with Crippen LogP contribution in [0, 0.1) is 0 Å². The van der Waals surface area contributed by atoms with Gasteiger partial charge in [0.15, 0.2) is 0 Å². The molecular weight excluding hydrogens is 498 g/mol. The smallest absolute Gasteiger partial charge is 0.348 e. The van der Waals surface area contributed by atoms with Crippen LogP contribution in [-0.2, 0) is 32.2 Å². The van der Waals surface area contributed by atoms with Crippen molar-refractivity contribution in [2.75, 3.05) is 0 Å². The Balaban J connectivity index is 1.61. The maximum atomic E-state index is 15.1. The molecule has 2 atom stereocenters. The Morgan fingerprint density at radius 3 is 2.32 bits per heavy atom. The van der Waals surface area contributed by atoms with Crippen molar-refractivity contribution in [1.29, 1.82) is 0 Å². The third-order valence-electron chi connectivity index (χ3n) is 7.71. The van der Waals surface area contributed by atoms with Crippen LogP contribution < -0.4 is 5.32 Å². The van der Waals surface area contributed by atoms with Crippen LogP contribution in [0.2, 0.25) is 10.8 Å². The van der Waals surface area contributed by atoms with Gasteiger partial charge in [0, 0.05) is 28.5 Å². The van der Waals surface area contributed by atoms with Crippen LogP contribution in [0.15, 0.2) is 42.5 Å². The molecule has 4 amide bonds. The summed E-state index contributed by atoms with van der Waals surface area (Å²) in [6, 6.07) is 9.76. The Morgan fingerprint density at radius 1 is 1.11 bits per heavy atom. The van der Waals surface area contributed by atoms with Gasteiger partial charge in [-0.15, -0.1) is 0 Å². The Kier molecular flexibility index (Phi) is 6.63. The van der Waals surface area contributed by atoms with E-state index in [0.717, 1.165) is 16.9 Å². The van der Waals surface area contributed by atoms with Crippen LogP contribution in [0.1, 0.15) is 33.5 Å². The fourth-order valence-corrected chi connectivity index (χ4v) is 5.05. The molecular formula is C22H23B5ClF2N3O4. The summed E-state index contributed by atoms with van der Waals surface area (Å²) in [5.41, 5.74) is -0.137. The van der Waals surface area contributed by atoms with Gasteiger partial charge < -0.3 is 9.71 Å². The van der Waals surface area contributed by atoms with E-state index in [9.17, 15) is 19.2 Å². The molecule has 15 heteroatoms. The Bertz CT molecular complexity index is 1330. The van der Waals surface area contributed by atoms with Gasteiger partial charge in [0.2, 0.25) is 19.8 Å². The second kappa shape index (κ2) is 9.08. The second-order valence-corrected chi connectivity index (χ2v) is 10.9. The zero-order valence-electron chi connectivity index (χ0n) is 21.2. The van der Waals surface area contributed by atoms with E-state index in [-0.39, 0.29) is 29.8 Å². The number of hydrogen-bond acceptors (Lipinski definition) is 4. The molecule has 0 aliphatic carbocycles. The lowest BCUT2D eigenvalue weighted by atomic mass is 9.55. The average Bonchev–Trinajstić information content (AvgIpc) is 3.18. The van der Waals surface area contributed by atoms with Gasteiger partial charge >= 0.3 is 5.92 Å². The summed E-state index contributed by atoms with van der Waals surface area (Å²) in [6.07, 6.45) is 0.187. The predicted octanol–water partition coefficient (Wildman–Crippen LogP) is -2.36. The van der Waals surface area contributed by atoms with Gasteiger partial charge in [0.05, 0.1) is 5.44 Å². The van der Waals surface area contributed by atoms with Crippen LogP contribution >= 0.6 is 11.6 Å². The molecule has 1 fully saturated rings. The number of benzene rings is 2. The summed E-state index contributed by atoms with van der Waals surface area (Å²) in [5.74, 6) is -6.88. The van der Waals surface area contributed by atoms with Crippen molar-refractivity contribution in [1.82, 2.24) is 15.0 Å². The molecule has 2 aromatic carbocycles. The number of nitrogens with zero attached hydrogens (tertiary/aromatic N) is 2. The molecule has 1 saturated heterocycles. The van der Waals surface area contributed by atoms with Crippen LogP contribution in [0.4, 0.5) is 8.78 Å². The zero-order chi connectivity index (χ0) is 27.5. The van der Waals surface area contributed by atoms with Gasteiger partial charge in [-0.05, 0) is 41.1 Å². The number of hydrogen-bond donors (Lipinski definition) is 1. The van der Waals surface area contributed by atoms with Gasteiger partial charge in [-0.25, -0.2) is 0 Å². The fraction of sp³-hybridized carbons (Fsp3) is 0.273.